The predicted molar refractivity (Wildman–Crippen MR) is 90.5 cm³/mol. The fraction of sp³-hybridized carbons (Fsp3) is 0.389. The van der Waals surface area contributed by atoms with Crippen LogP contribution in [0.3, 0.4) is 0 Å². The Morgan fingerprint density at radius 2 is 1.87 bits per heavy atom. The van der Waals surface area contributed by atoms with Crippen molar-refractivity contribution in [3.8, 4) is 11.3 Å². The summed E-state index contributed by atoms with van der Waals surface area (Å²) in [6.45, 7) is 5.29. The first-order valence-corrected chi connectivity index (χ1v) is 8.16. The zero-order valence-electron chi connectivity index (χ0n) is 13.3. The minimum atomic E-state index is -0.0733. The molecule has 0 spiro atoms. The Balaban J connectivity index is 1.50. The molecule has 0 unspecified atom stereocenters. The highest BCUT2D eigenvalue weighted by Gasteiger charge is 2.11. The van der Waals surface area contributed by atoms with E-state index in [1.165, 1.54) is 0 Å². The highest BCUT2D eigenvalue weighted by atomic mass is 16.5. The van der Waals surface area contributed by atoms with Crippen molar-refractivity contribution in [1.82, 2.24) is 14.8 Å². The van der Waals surface area contributed by atoms with Gasteiger partial charge in [-0.2, -0.15) is 0 Å². The molecule has 23 heavy (non-hydrogen) atoms. The van der Waals surface area contributed by atoms with Crippen LogP contribution in [-0.4, -0.2) is 54.9 Å². The summed E-state index contributed by atoms with van der Waals surface area (Å²) in [7, 11) is 0. The maximum absolute atomic E-state index is 12.4. The molecule has 0 bridgehead atoms. The maximum Gasteiger partial charge on any atom is 0.326 e. The molecule has 2 aromatic rings. The second-order valence-electron chi connectivity index (χ2n) is 5.67. The number of hydrogen-bond acceptors (Lipinski definition) is 3. The summed E-state index contributed by atoms with van der Waals surface area (Å²) in [5.74, 6) is 0. The molecule has 0 atom stereocenters. The van der Waals surface area contributed by atoms with Gasteiger partial charge in [0.1, 0.15) is 0 Å². The predicted octanol–water partition coefficient (Wildman–Crippen LogP) is 2.44. The van der Waals surface area contributed by atoms with E-state index in [9.17, 15) is 4.79 Å². The van der Waals surface area contributed by atoms with Crippen molar-refractivity contribution >= 4 is 6.03 Å². The van der Waals surface area contributed by atoms with Gasteiger partial charge in [0.25, 0.3) is 0 Å². The molecule has 0 saturated carbocycles. The Morgan fingerprint density at radius 3 is 2.65 bits per heavy atom. The van der Waals surface area contributed by atoms with E-state index in [2.05, 4.69) is 10.2 Å². The third-order valence-electron chi connectivity index (χ3n) is 4.07. The molecule has 0 radical (unpaired) electrons. The molecule has 1 aliphatic rings. The smallest absolute Gasteiger partial charge is 0.326 e. The van der Waals surface area contributed by atoms with Gasteiger partial charge in [0.15, 0.2) is 0 Å². The Hall–Kier alpha value is -2.11. The van der Waals surface area contributed by atoms with Crippen molar-refractivity contribution in [2.75, 3.05) is 39.4 Å². The van der Waals surface area contributed by atoms with Crippen LogP contribution in [0.4, 0.5) is 4.79 Å². The quantitative estimate of drug-likeness (QED) is 0.863. The van der Waals surface area contributed by atoms with Crippen LogP contribution in [0.2, 0.25) is 0 Å². The summed E-state index contributed by atoms with van der Waals surface area (Å²) in [6, 6.07) is 13.7. The van der Waals surface area contributed by atoms with E-state index >= 15 is 0 Å². The van der Waals surface area contributed by atoms with E-state index in [0.29, 0.717) is 6.54 Å². The van der Waals surface area contributed by atoms with Gasteiger partial charge in [0.05, 0.1) is 18.9 Å². The van der Waals surface area contributed by atoms with E-state index in [0.717, 1.165) is 50.5 Å². The van der Waals surface area contributed by atoms with Gasteiger partial charge >= 0.3 is 6.03 Å². The van der Waals surface area contributed by atoms with Gasteiger partial charge in [0.2, 0.25) is 0 Å². The zero-order chi connectivity index (χ0) is 15.9. The van der Waals surface area contributed by atoms with Gasteiger partial charge in [0, 0.05) is 25.8 Å². The zero-order valence-corrected chi connectivity index (χ0v) is 13.3. The fourth-order valence-electron chi connectivity index (χ4n) is 2.81. The van der Waals surface area contributed by atoms with Crippen LogP contribution in [0, 0.1) is 0 Å². The molecule has 122 valence electrons. The second kappa shape index (κ2) is 7.94. The summed E-state index contributed by atoms with van der Waals surface area (Å²) in [5.41, 5.74) is 1.96. The number of rotatable bonds is 5. The van der Waals surface area contributed by atoms with Crippen molar-refractivity contribution in [3.05, 3.63) is 48.7 Å². The largest absolute Gasteiger partial charge is 0.379 e. The molecule has 1 aromatic heterocycles. The molecule has 2 heterocycles. The molecule has 1 aromatic carbocycles. The van der Waals surface area contributed by atoms with E-state index in [4.69, 9.17) is 4.74 Å². The minimum absolute atomic E-state index is 0.0733. The highest BCUT2D eigenvalue weighted by Crippen LogP contribution is 2.19. The van der Waals surface area contributed by atoms with Gasteiger partial charge < -0.3 is 10.1 Å². The van der Waals surface area contributed by atoms with Crippen molar-refractivity contribution in [2.24, 2.45) is 0 Å². The van der Waals surface area contributed by atoms with E-state index in [-0.39, 0.29) is 6.03 Å². The lowest BCUT2D eigenvalue weighted by Crippen LogP contribution is -2.38. The molecule has 1 aliphatic heterocycles. The molecular formula is C18H23N3O2. The van der Waals surface area contributed by atoms with Crippen molar-refractivity contribution in [2.45, 2.75) is 6.42 Å². The Labute approximate surface area is 136 Å². The Kier molecular flexibility index (Phi) is 5.45. The van der Waals surface area contributed by atoms with Crippen LogP contribution in [0.25, 0.3) is 11.3 Å². The number of hydrogen-bond donors (Lipinski definition) is 1. The van der Waals surface area contributed by atoms with Crippen LogP contribution in [0.1, 0.15) is 6.42 Å². The lowest BCUT2D eigenvalue weighted by molar-refractivity contribution is 0.0375. The minimum Gasteiger partial charge on any atom is -0.379 e. The van der Waals surface area contributed by atoms with Crippen molar-refractivity contribution in [1.29, 1.82) is 0 Å². The van der Waals surface area contributed by atoms with E-state index < -0.39 is 0 Å². The summed E-state index contributed by atoms with van der Waals surface area (Å²) < 4.78 is 7.00. The molecule has 5 heteroatoms. The van der Waals surface area contributed by atoms with Gasteiger partial charge in [-0.3, -0.25) is 9.47 Å². The average Bonchev–Trinajstić information content (AvgIpc) is 3.10. The number of ether oxygens (including phenoxy) is 1. The first-order chi connectivity index (χ1) is 11.3. The van der Waals surface area contributed by atoms with E-state index in [1.54, 1.807) is 10.8 Å². The van der Waals surface area contributed by atoms with Crippen LogP contribution >= 0.6 is 0 Å². The molecule has 5 nitrogen and oxygen atoms in total. The summed E-state index contributed by atoms with van der Waals surface area (Å²) >= 11 is 0. The van der Waals surface area contributed by atoms with Crippen LogP contribution in [0.15, 0.2) is 48.7 Å². The summed E-state index contributed by atoms with van der Waals surface area (Å²) in [5, 5.41) is 3.00. The molecule has 3 rings (SSSR count). The average molecular weight is 313 g/mol. The molecule has 1 N–H and O–H groups in total. The summed E-state index contributed by atoms with van der Waals surface area (Å²) in [6.07, 6.45) is 2.76. The number of aromatic nitrogens is 1. The SMILES string of the molecule is O=C(NCCCN1CCOCC1)n1cccc1-c1ccccc1. The lowest BCUT2D eigenvalue weighted by atomic mass is 10.1. The third-order valence-corrected chi connectivity index (χ3v) is 4.07. The van der Waals surface area contributed by atoms with Crippen LogP contribution in [0.5, 0.6) is 0 Å². The first-order valence-electron chi connectivity index (χ1n) is 8.16. The number of nitrogens with one attached hydrogen (secondary N) is 1. The van der Waals surface area contributed by atoms with Gasteiger partial charge in [-0.25, -0.2) is 4.79 Å². The topological polar surface area (TPSA) is 46.5 Å². The first kappa shape index (κ1) is 15.8. The molecule has 1 amide bonds. The molecule has 1 fully saturated rings. The van der Waals surface area contributed by atoms with E-state index in [1.807, 2.05) is 42.5 Å². The molecule has 0 aliphatic carbocycles. The number of carbonyl (C=O) groups excluding carboxylic acids is 1. The maximum atomic E-state index is 12.4. The highest BCUT2D eigenvalue weighted by molar-refractivity contribution is 5.82. The number of carbonyl (C=O) groups is 1. The molecule has 1 saturated heterocycles. The third kappa shape index (κ3) is 4.21. The normalized spacial score (nSPS) is 15.5. The standard InChI is InChI=1S/C18H23N3O2/c22-18(19-9-5-10-20-12-14-23-15-13-20)21-11-4-8-17(21)16-6-2-1-3-7-16/h1-4,6-8,11H,5,9-10,12-15H2,(H,19,22). The monoisotopic (exact) mass is 313 g/mol. The Bertz CT molecular complexity index is 618. The lowest BCUT2D eigenvalue weighted by Gasteiger charge is -2.26. The van der Waals surface area contributed by atoms with Gasteiger partial charge in [-0.1, -0.05) is 30.3 Å². The van der Waals surface area contributed by atoms with Crippen LogP contribution < -0.4 is 5.32 Å². The van der Waals surface area contributed by atoms with Crippen LogP contribution in [-0.2, 0) is 4.74 Å². The van der Waals surface area contributed by atoms with Crippen molar-refractivity contribution in [3.63, 3.8) is 0 Å². The number of benzene rings is 1. The van der Waals surface area contributed by atoms with Gasteiger partial charge in [-0.15, -0.1) is 0 Å². The molecular weight excluding hydrogens is 290 g/mol. The van der Waals surface area contributed by atoms with Gasteiger partial charge in [-0.05, 0) is 30.7 Å². The second-order valence-corrected chi connectivity index (χ2v) is 5.67. The fourth-order valence-corrected chi connectivity index (χ4v) is 2.81. The number of morpholine rings is 1. The summed E-state index contributed by atoms with van der Waals surface area (Å²) in [4.78, 5) is 14.7. The van der Waals surface area contributed by atoms with Crippen molar-refractivity contribution < 1.29 is 9.53 Å². The number of nitrogens with zero attached hydrogens (tertiary/aromatic N) is 2. The number of amides is 1. The Morgan fingerprint density at radius 1 is 1.09 bits per heavy atom.